The zero-order valence-electron chi connectivity index (χ0n) is 17.8. The number of Topliss-reactive ketones (excluding diaryl/α,β-unsaturated/α-hetero) is 1. The first-order valence-electron chi connectivity index (χ1n) is 10.3. The molecule has 1 heterocycles. The second-order valence-corrected chi connectivity index (χ2v) is 9.30. The maximum atomic E-state index is 12.9. The first-order chi connectivity index (χ1) is 15.3. The van der Waals surface area contributed by atoms with Crippen LogP contribution in [0, 0.1) is 5.82 Å². The fraction of sp³-hybridized carbons (Fsp3) is 0.364. The Bertz CT molecular complexity index is 1030. The zero-order chi connectivity index (χ0) is 23.1. The van der Waals surface area contributed by atoms with Crippen LogP contribution >= 0.6 is 0 Å². The van der Waals surface area contributed by atoms with Crippen LogP contribution in [-0.4, -0.2) is 68.8 Å². The number of hydrogen-bond donors (Lipinski definition) is 1. The summed E-state index contributed by atoms with van der Waals surface area (Å²) < 4.78 is 45.3. The lowest BCUT2D eigenvalue weighted by atomic mass is 10.2. The van der Waals surface area contributed by atoms with Crippen LogP contribution in [0.1, 0.15) is 23.7 Å². The number of halogens is 1. The average Bonchev–Trinajstić information content (AvgIpc) is 2.80. The quantitative estimate of drug-likeness (QED) is 0.479. The summed E-state index contributed by atoms with van der Waals surface area (Å²) in [5.41, 5.74) is 0.452. The summed E-state index contributed by atoms with van der Waals surface area (Å²) in [6, 6.07) is 11.3. The van der Waals surface area contributed by atoms with Crippen LogP contribution in [0.5, 0.6) is 5.75 Å². The topological polar surface area (TPSA) is 96.0 Å². The van der Waals surface area contributed by atoms with Gasteiger partial charge >= 0.3 is 6.03 Å². The number of carbonyl (C=O) groups is 2. The standard InChI is InChI=1S/C22H26FN3O5S/c1-17(27)18-3-9-21(10-4-18)32(29,30)26-14-12-25(13-15-26)22(28)24-11-2-16-31-20-7-5-19(23)6-8-20/h3-10H,2,11-16H2,1H3,(H,24,28). The fourth-order valence-electron chi connectivity index (χ4n) is 3.24. The summed E-state index contributed by atoms with van der Waals surface area (Å²) in [4.78, 5) is 25.4. The summed E-state index contributed by atoms with van der Waals surface area (Å²) in [7, 11) is -3.68. The molecule has 8 nitrogen and oxygen atoms in total. The summed E-state index contributed by atoms with van der Waals surface area (Å²) in [5.74, 6) is 0.102. The van der Waals surface area contributed by atoms with E-state index in [1.165, 1.54) is 47.6 Å². The van der Waals surface area contributed by atoms with E-state index in [2.05, 4.69) is 5.32 Å². The molecule has 0 unspecified atom stereocenters. The summed E-state index contributed by atoms with van der Waals surface area (Å²) in [5, 5.41) is 2.80. The molecule has 10 heteroatoms. The van der Waals surface area contributed by atoms with Crippen LogP contribution in [0.2, 0.25) is 0 Å². The Kier molecular flexibility index (Phi) is 7.81. The Labute approximate surface area is 187 Å². The number of carbonyl (C=O) groups excluding carboxylic acids is 2. The Hall–Kier alpha value is -2.98. The zero-order valence-corrected chi connectivity index (χ0v) is 18.6. The number of amides is 2. The molecule has 1 aliphatic heterocycles. The van der Waals surface area contributed by atoms with Gasteiger partial charge in [-0.1, -0.05) is 12.1 Å². The van der Waals surface area contributed by atoms with Gasteiger partial charge in [0.05, 0.1) is 11.5 Å². The average molecular weight is 464 g/mol. The van der Waals surface area contributed by atoms with Crippen LogP contribution < -0.4 is 10.1 Å². The molecule has 1 N–H and O–H groups in total. The van der Waals surface area contributed by atoms with Gasteiger partial charge in [0.25, 0.3) is 0 Å². The minimum Gasteiger partial charge on any atom is -0.494 e. The summed E-state index contributed by atoms with van der Waals surface area (Å²) in [6.07, 6.45) is 0.577. The van der Waals surface area contributed by atoms with Crippen LogP contribution in [-0.2, 0) is 10.0 Å². The number of ketones is 1. The van der Waals surface area contributed by atoms with E-state index >= 15 is 0 Å². The van der Waals surface area contributed by atoms with Crippen molar-refractivity contribution in [3.63, 3.8) is 0 Å². The van der Waals surface area contributed by atoms with Gasteiger partial charge in [-0.05, 0) is 49.7 Å². The molecule has 1 aliphatic rings. The number of hydrogen-bond acceptors (Lipinski definition) is 5. The summed E-state index contributed by atoms with van der Waals surface area (Å²) >= 11 is 0. The predicted molar refractivity (Wildman–Crippen MR) is 117 cm³/mol. The van der Waals surface area contributed by atoms with Crippen LogP contribution in [0.4, 0.5) is 9.18 Å². The summed E-state index contributed by atoms with van der Waals surface area (Å²) in [6.45, 7) is 3.15. The minimum atomic E-state index is -3.68. The van der Waals surface area contributed by atoms with Gasteiger partial charge in [0.1, 0.15) is 11.6 Å². The molecular formula is C22H26FN3O5S. The number of ether oxygens (including phenoxy) is 1. The van der Waals surface area contributed by atoms with Gasteiger partial charge in [-0.25, -0.2) is 17.6 Å². The van der Waals surface area contributed by atoms with Crippen molar-refractivity contribution in [2.75, 3.05) is 39.3 Å². The van der Waals surface area contributed by atoms with Crippen LogP contribution in [0.15, 0.2) is 53.4 Å². The van der Waals surface area contributed by atoms with Gasteiger partial charge in [-0.3, -0.25) is 4.79 Å². The number of benzene rings is 2. The highest BCUT2D eigenvalue weighted by atomic mass is 32.2. The predicted octanol–water partition coefficient (Wildman–Crippen LogP) is 2.51. The van der Waals surface area contributed by atoms with E-state index in [4.69, 9.17) is 4.74 Å². The van der Waals surface area contributed by atoms with Gasteiger partial charge in [0.15, 0.2) is 5.78 Å². The van der Waals surface area contributed by atoms with E-state index in [1.54, 1.807) is 17.0 Å². The maximum absolute atomic E-state index is 12.9. The number of nitrogens with zero attached hydrogens (tertiary/aromatic N) is 2. The Morgan fingerprint density at radius 2 is 1.62 bits per heavy atom. The third kappa shape index (κ3) is 6.04. The molecule has 2 amide bonds. The lowest BCUT2D eigenvalue weighted by Gasteiger charge is -2.34. The van der Waals surface area contributed by atoms with Crippen LogP contribution in [0.25, 0.3) is 0 Å². The maximum Gasteiger partial charge on any atom is 0.317 e. The lowest BCUT2D eigenvalue weighted by molar-refractivity contribution is 0.101. The second-order valence-electron chi connectivity index (χ2n) is 7.36. The molecule has 2 aromatic rings. The molecule has 172 valence electrons. The molecule has 1 fully saturated rings. The Morgan fingerprint density at radius 1 is 1.00 bits per heavy atom. The Morgan fingerprint density at radius 3 is 2.22 bits per heavy atom. The number of piperazine rings is 1. The molecule has 0 aromatic heterocycles. The van der Waals surface area contributed by atoms with Crippen molar-refractivity contribution in [2.24, 2.45) is 0 Å². The number of sulfonamides is 1. The van der Waals surface area contributed by atoms with Crippen molar-refractivity contribution >= 4 is 21.8 Å². The first-order valence-corrected chi connectivity index (χ1v) is 11.7. The molecule has 0 spiro atoms. The molecule has 0 aliphatic carbocycles. The molecule has 1 saturated heterocycles. The van der Waals surface area contributed by atoms with Crippen molar-refractivity contribution in [1.82, 2.24) is 14.5 Å². The third-order valence-corrected chi connectivity index (χ3v) is 7.02. The van der Waals surface area contributed by atoms with E-state index < -0.39 is 10.0 Å². The molecular weight excluding hydrogens is 437 g/mol. The SMILES string of the molecule is CC(=O)c1ccc(S(=O)(=O)N2CCN(C(=O)NCCCOc3ccc(F)cc3)CC2)cc1. The van der Waals surface area contributed by atoms with Crippen molar-refractivity contribution < 1.29 is 27.1 Å². The normalized spacial score (nSPS) is 14.8. The van der Waals surface area contributed by atoms with E-state index in [9.17, 15) is 22.4 Å². The van der Waals surface area contributed by atoms with Crippen molar-refractivity contribution in [3.05, 3.63) is 59.9 Å². The highest BCUT2D eigenvalue weighted by Crippen LogP contribution is 2.18. The smallest absolute Gasteiger partial charge is 0.317 e. The van der Waals surface area contributed by atoms with Crippen molar-refractivity contribution in [3.8, 4) is 5.75 Å². The third-order valence-electron chi connectivity index (χ3n) is 5.10. The lowest BCUT2D eigenvalue weighted by Crippen LogP contribution is -2.53. The second kappa shape index (κ2) is 10.6. The van der Waals surface area contributed by atoms with Gasteiger partial charge in [-0.2, -0.15) is 4.31 Å². The minimum absolute atomic E-state index is 0.126. The number of nitrogens with one attached hydrogen (secondary N) is 1. The number of rotatable bonds is 8. The van der Waals surface area contributed by atoms with E-state index in [0.717, 1.165) is 0 Å². The van der Waals surface area contributed by atoms with Crippen molar-refractivity contribution in [2.45, 2.75) is 18.2 Å². The first kappa shape index (κ1) is 23.7. The van der Waals surface area contributed by atoms with Gasteiger partial charge in [0, 0.05) is 38.3 Å². The molecule has 0 radical (unpaired) electrons. The molecule has 2 aromatic carbocycles. The monoisotopic (exact) mass is 463 g/mol. The fourth-order valence-corrected chi connectivity index (χ4v) is 4.66. The van der Waals surface area contributed by atoms with Crippen molar-refractivity contribution in [1.29, 1.82) is 0 Å². The number of urea groups is 1. The molecule has 0 bridgehead atoms. The molecule has 0 saturated carbocycles. The Balaban J connectivity index is 1.40. The largest absolute Gasteiger partial charge is 0.494 e. The van der Waals surface area contributed by atoms with E-state index in [-0.39, 0.29) is 48.7 Å². The van der Waals surface area contributed by atoms with Crippen LogP contribution in [0.3, 0.4) is 0 Å². The molecule has 3 rings (SSSR count). The van der Waals surface area contributed by atoms with Gasteiger partial charge in [-0.15, -0.1) is 0 Å². The molecule has 0 atom stereocenters. The highest BCUT2D eigenvalue weighted by molar-refractivity contribution is 7.89. The van der Waals surface area contributed by atoms with Gasteiger partial charge in [0.2, 0.25) is 10.0 Å². The van der Waals surface area contributed by atoms with Gasteiger partial charge < -0.3 is 15.0 Å². The molecule has 32 heavy (non-hydrogen) atoms. The highest BCUT2D eigenvalue weighted by Gasteiger charge is 2.30. The van der Waals surface area contributed by atoms with E-state index in [0.29, 0.717) is 30.9 Å². The van der Waals surface area contributed by atoms with E-state index in [1.807, 2.05) is 0 Å².